The Balaban J connectivity index is 1.87. The molecule has 1 aliphatic carbocycles. The van der Waals surface area contributed by atoms with Gasteiger partial charge in [0.05, 0.1) is 23.0 Å². The molecule has 2 fully saturated rings. The maximum absolute atomic E-state index is 12.9. The Hall–Kier alpha value is -3.14. The molecular formula is C17H18N4O6. The van der Waals surface area contributed by atoms with Crippen molar-refractivity contribution in [3.05, 3.63) is 35.2 Å². The van der Waals surface area contributed by atoms with E-state index in [2.05, 4.69) is 6.58 Å². The van der Waals surface area contributed by atoms with Crippen molar-refractivity contribution in [1.82, 2.24) is 9.80 Å². The Kier molecular flexibility index (Phi) is 3.32. The number of hydrogen-bond acceptors (Lipinski definition) is 8. The number of carbonyl (C=O) groups excluding carboxylic acids is 4. The van der Waals surface area contributed by atoms with Crippen molar-refractivity contribution in [2.45, 2.75) is 30.8 Å². The molecule has 0 radical (unpaired) electrons. The van der Waals surface area contributed by atoms with Gasteiger partial charge in [-0.25, -0.2) is 4.79 Å². The van der Waals surface area contributed by atoms with Crippen molar-refractivity contribution in [3.63, 3.8) is 0 Å². The molecule has 3 heterocycles. The number of methoxy groups -OCH3 is 1. The maximum Gasteiger partial charge on any atom is 0.405 e. The van der Waals surface area contributed by atoms with Gasteiger partial charge < -0.3 is 30.7 Å². The molecule has 27 heavy (non-hydrogen) atoms. The highest BCUT2D eigenvalue weighted by molar-refractivity contribution is 6.25. The topological polar surface area (TPSA) is 145 Å². The van der Waals surface area contributed by atoms with Crippen LogP contribution in [0, 0.1) is 0 Å². The summed E-state index contributed by atoms with van der Waals surface area (Å²) in [6, 6.07) is -0.806. The number of rotatable bonds is 3. The Labute approximate surface area is 154 Å². The molecule has 4 atom stereocenters. The molecule has 2 amide bonds. The summed E-state index contributed by atoms with van der Waals surface area (Å²) in [6.07, 6.45) is -1.27. The number of piperazine rings is 1. The summed E-state index contributed by atoms with van der Waals surface area (Å²) >= 11 is 0. The summed E-state index contributed by atoms with van der Waals surface area (Å²) in [5.41, 5.74) is 9.51. The molecule has 0 aromatic rings. The smallest absolute Gasteiger partial charge is 0.405 e. The predicted octanol–water partition coefficient (Wildman–Crippen LogP) is -1.47. The van der Waals surface area contributed by atoms with Crippen molar-refractivity contribution < 1.29 is 28.7 Å². The maximum atomic E-state index is 12.9. The number of nitrogens with two attached hydrogens (primary N) is 2. The van der Waals surface area contributed by atoms with E-state index in [1.54, 1.807) is 4.90 Å². The van der Waals surface area contributed by atoms with E-state index < -0.39 is 35.5 Å². The molecule has 142 valence electrons. The molecule has 0 bridgehead atoms. The van der Waals surface area contributed by atoms with E-state index in [-0.39, 0.29) is 41.0 Å². The summed E-state index contributed by atoms with van der Waals surface area (Å²) in [5, 5.41) is 0. The molecule has 2 unspecified atom stereocenters. The molecule has 0 aromatic carbocycles. The zero-order valence-electron chi connectivity index (χ0n) is 14.7. The first kappa shape index (κ1) is 17.3. The monoisotopic (exact) mass is 374 g/mol. The molecule has 10 heteroatoms. The van der Waals surface area contributed by atoms with Crippen LogP contribution in [0.25, 0.3) is 0 Å². The number of hydrogen-bond donors (Lipinski definition) is 2. The minimum absolute atomic E-state index is 0.0693. The van der Waals surface area contributed by atoms with Gasteiger partial charge in [0.25, 0.3) is 0 Å². The largest absolute Gasteiger partial charge is 0.436 e. The highest BCUT2D eigenvalue weighted by Gasteiger charge is 2.78. The van der Waals surface area contributed by atoms with E-state index in [1.807, 2.05) is 0 Å². The fourth-order valence-corrected chi connectivity index (χ4v) is 4.56. The first-order valence-electron chi connectivity index (χ1n) is 8.25. The molecular weight excluding hydrogens is 356 g/mol. The van der Waals surface area contributed by atoms with E-state index in [0.717, 1.165) is 6.08 Å². The summed E-state index contributed by atoms with van der Waals surface area (Å²) in [7, 11) is 1.36. The summed E-state index contributed by atoms with van der Waals surface area (Å²) in [5.74, 6) is -1.38. The first-order valence-corrected chi connectivity index (χ1v) is 8.25. The van der Waals surface area contributed by atoms with Crippen molar-refractivity contribution in [2.75, 3.05) is 13.7 Å². The van der Waals surface area contributed by atoms with Crippen molar-refractivity contribution >= 4 is 23.6 Å². The van der Waals surface area contributed by atoms with Gasteiger partial charge in [0.1, 0.15) is 6.04 Å². The van der Waals surface area contributed by atoms with Crippen LogP contribution in [0.4, 0.5) is 4.79 Å². The van der Waals surface area contributed by atoms with E-state index in [1.165, 1.54) is 18.9 Å². The fourth-order valence-electron chi connectivity index (χ4n) is 4.56. The highest BCUT2D eigenvalue weighted by atomic mass is 16.6. The second-order valence-electron chi connectivity index (χ2n) is 6.80. The summed E-state index contributed by atoms with van der Waals surface area (Å²) in [6.45, 7) is 5.17. The number of amides is 2. The molecule has 4 rings (SSSR count). The van der Waals surface area contributed by atoms with Gasteiger partial charge in [0.15, 0.2) is 6.10 Å². The van der Waals surface area contributed by atoms with Crippen LogP contribution in [-0.4, -0.2) is 70.9 Å². The van der Waals surface area contributed by atoms with Gasteiger partial charge in [-0.05, 0) is 13.0 Å². The van der Waals surface area contributed by atoms with Gasteiger partial charge in [-0.1, -0.05) is 6.58 Å². The Bertz CT molecular complexity index is 905. The van der Waals surface area contributed by atoms with Gasteiger partial charge in [-0.2, -0.15) is 0 Å². The minimum Gasteiger partial charge on any atom is -0.436 e. The molecule has 10 nitrogen and oxygen atoms in total. The molecule has 0 spiro atoms. The third-order valence-corrected chi connectivity index (χ3v) is 5.75. The number of allylic oxidation sites excluding steroid dienone is 2. The number of Topliss-reactive ketones (excluding diaryl/α,β-unsaturated/α-hetero) is 2. The molecule has 2 saturated heterocycles. The number of primary amides is 1. The van der Waals surface area contributed by atoms with Crippen LogP contribution in [0.1, 0.15) is 6.92 Å². The minimum atomic E-state index is -1.43. The quantitative estimate of drug-likeness (QED) is 0.346. The predicted molar refractivity (Wildman–Crippen MR) is 89.4 cm³/mol. The van der Waals surface area contributed by atoms with Crippen molar-refractivity contribution in [1.29, 1.82) is 0 Å². The number of ether oxygens (including phenoxy) is 2. The molecule has 0 aromatic heterocycles. The third kappa shape index (κ3) is 1.82. The van der Waals surface area contributed by atoms with Crippen LogP contribution >= 0.6 is 0 Å². The molecule has 4 aliphatic rings. The summed E-state index contributed by atoms with van der Waals surface area (Å²) in [4.78, 5) is 52.5. The Morgan fingerprint density at radius 1 is 1.33 bits per heavy atom. The SMILES string of the molecule is C=CC(=O)N1C2CN3C4=C(C(=O)C(N)=C(C)C4=O)C(OC(N)=O)[C@@]3(OC)[C@H]21. The van der Waals surface area contributed by atoms with Crippen LogP contribution in [0.2, 0.25) is 0 Å². The van der Waals surface area contributed by atoms with Crippen molar-refractivity contribution in [3.8, 4) is 0 Å². The van der Waals surface area contributed by atoms with Crippen LogP contribution in [0.3, 0.4) is 0 Å². The zero-order valence-corrected chi connectivity index (χ0v) is 14.7. The van der Waals surface area contributed by atoms with E-state index in [4.69, 9.17) is 20.9 Å². The van der Waals surface area contributed by atoms with E-state index in [9.17, 15) is 19.2 Å². The second kappa shape index (κ2) is 5.19. The zero-order chi connectivity index (χ0) is 19.8. The summed E-state index contributed by atoms with van der Waals surface area (Å²) < 4.78 is 11.0. The average molecular weight is 374 g/mol. The lowest BCUT2D eigenvalue weighted by molar-refractivity contribution is -0.162. The molecule has 0 saturated carbocycles. The number of carbonyl (C=O) groups is 4. The molecule has 3 aliphatic heterocycles. The molecule has 4 N–H and O–H groups in total. The van der Waals surface area contributed by atoms with E-state index >= 15 is 0 Å². The first-order chi connectivity index (χ1) is 12.7. The van der Waals surface area contributed by atoms with Gasteiger partial charge in [-0.3, -0.25) is 14.4 Å². The number of nitrogens with zero attached hydrogens (tertiary/aromatic N) is 2. The van der Waals surface area contributed by atoms with Gasteiger partial charge in [0.2, 0.25) is 23.2 Å². The lowest BCUT2D eigenvalue weighted by Gasteiger charge is -2.40. The van der Waals surface area contributed by atoms with Crippen molar-refractivity contribution in [2.24, 2.45) is 11.5 Å². The number of ketones is 2. The normalized spacial score (nSPS) is 33.8. The Morgan fingerprint density at radius 2 is 2.00 bits per heavy atom. The van der Waals surface area contributed by atoms with Crippen LogP contribution in [-0.2, 0) is 23.9 Å². The number of fused-ring (bicyclic) bond motifs is 4. The lowest BCUT2D eigenvalue weighted by atomic mass is 9.88. The standard InChI is InChI=1S/C17H18N4O6/c1-4-8(22)21-7-5-20-11-9(13(24)10(18)6(2)12(11)23)15(27-16(19)25)17(20,26-3)14(7)21/h4,7,14-15H,1,5,18H2,2-3H3,(H2,19,25)/t7?,14-,15?,17-,21?/m0/s1. The van der Waals surface area contributed by atoms with E-state index in [0.29, 0.717) is 0 Å². The van der Waals surface area contributed by atoms with Gasteiger partial charge >= 0.3 is 6.09 Å². The average Bonchev–Trinajstić information content (AvgIpc) is 3.15. The van der Waals surface area contributed by atoms with Crippen LogP contribution in [0.5, 0.6) is 0 Å². The second-order valence-corrected chi connectivity index (χ2v) is 6.80. The fraction of sp³-hybridized carbons (Fsp3) is 0.412. The van der Waals surface area contributed by atoms with Gasteiger partial charge in [-0.15, -0.1) is 0 Å². The van der Waals surface area contributed by atoms with Crippen LogP contribution in [0.15, 0.2) is 35.2 Å². The van der Waals surface area contributed by atoms with Crippen LogP contribution < -0.4 is 11.5 Å². The van der Waals surface area contributed by atoms with Gasteiger partial charge in [0, 0.05) is 19.2 Å². The highest BCUT2D eigenvalue weighted by Crippen LogP contribution is 2.58. The Morgan fingerprint density at radius 3 is 2.56 bits per heavy atom. The lowest BCUT2D eigenvalue weighted by Crippen LogP contribution is -2.58. The third-order valence-electron chi connectivity index (χ3n) is 5.75.